The van der Waals surface area contributed by atoms with E-state index < -0.39 is 29.7 Å². The van der Waals surface area contributed by atoms with E-state index in [9.17, 15) is 19.5 Å². The van der Waals surface area contributed by atoms with Gasteiger partial charge < -0.3 is 15.2 Å². The summed E-state index contributed by atoms with van der Waals surface area (Å²) in [7, 11) is 0. The smallest absolute Gasteiger partial charge is 0.342 e. The van der Waals surface area contributed by atoms with Gasteiger partial charge in [-0.3, -0.25) is 9.59 Å². The quantitative estimate of drug-likeness (QED) is 0.475. The minimum Gasteiger partial charge on any atom is -0.481 e. The van der Waals surface area contributed by atoms with E-state index >= 15 is 0 Å². The van der Waals surface area contributed by atoms with Crippen molar-refractivity contribution in [2.24, 2.45) is 11.8 Å². The summed E-state index contributed by atoms with van der Waals surface area (Å²) in [5.74, 6) is -3.38. The number of thiophene rings is 1. The Morgan fingerprint density at radius 3 is 2.39 bits per heavy atom. The van der Waals surface area contributed by atoms with E-state index in [-0.39, 0.29) is 6.10 Å². The van der Waals surface area contributed by atoms with Crippen LogP contribution in [0, 0.1) is 25.7 Å². The molecule has 0 unspecified atom stereocenters. The fraction of sp³-hybridized carbons (Fsp3) is 0.375. The van der Waals surface area contributed by atoms with Crippen molar-refractivity contribution in [1.29, 1.82) is 0 Å². The molecular formula is C24H27NO5S. The lowest BCUT2D eigenvalue weighted by molar-refractivity contribution is -0.146. The second-order valence-electron chi connectivity index (χ2n) is 8.09. The van der Waals surface area contributed by atoms with Crippen LogP contribution >= 0.6 is 11.3 Å². The molecule has 0 radical (unpaired) electrons. The van der Waals surface area contributed by atoms with Gasteiger partial charge in [-0.25, -0.2) is 4.79 Å². The standard InChI is InChI=1S/C24H27NO5S/c1-13(2)30-24(29)20-19(16-10-9-14(3)15(4)11-16)12-31-22(20)25-21(26)17-7-5-6-8-18(17)23(27)28/h5-6,9-13,17-18H,7-8H2,1-4H3,(H,25,26)(H,27,28)/t17-,18+/m1/s1. The van der Waals surface area contributed by atoms with Gasteiger partial charge in [-0.05, 0) is 57.2 Å². The molecule has 1 aliphatic rings. The van der Waals surface area contributed by atoms with Gasteiger partial charge in [-0.2, -0.15) is 0 Å². The summed E-state index contributed by atoms with van der Waals surface area (Å²) >= 11 is 1.24. The Hall–Kier alpha value is -2.93. The number of carbonyl (C=O) groups is 3. The average Bonchev–Trinajstić information content (AvgIpc) is 3.13. The molecule has 0 aliphatic heterocycles. The van der Waals surface area contributed by atoms with Crippen LogP contribution in [-0.4, -0.2) is 29.1 Å². The molecular weight excluding hydrogens is 414 g/mol. The highest BCUT2D eigenvalue weighted by Crippen LogP contribution is 2.38. The van der Waals surface area contributed by atoms with Gasteiger partial charge in [-0.15, -0.1) is 11.3 Å². The number of nitrogens with one attached hydrogen (secondary N) is 1. The van der Waals surface area contributed by atoms with E-state index in [1.54, 1.807) is 19.9 Å². The molecule has 0 bridgehead atoms. The number of amides is 1. The predicted molar refractivity (Wildman–Crippen MR) is 121 cm³/mol. The lowest BCUT2D eigenvalue weighted by atomic mass is 9.82. The fourth-order valence-electron chi connectivity index (χ4n) is 3.63. The third-order valence-electron chi connectivity index (χ3n) is 5.48. The molecule has 7 heteroatoms. The van der Waals surface area contributed by atoms with Gasteiger partial charge in [0, 0.05) is 10.9 Å². The first-order valence-electron chi connectivity index (χ1n) is 10.3. The number of allylic oxidation sites excluding steroid dienone is 2. The Morgan fingerprint density at radius 2 is 1.77 bits per heavy atom. The third kappa shape index (κ3) is 5.05. The highest BCUT2D eigenvalue weighted by molar-refractivity contribution is 7.15. The maximum Gasteiger partial charge on any atom is 0.342 e. The van der Waals surface area contributed by atoms with Gasteiger partial charge in [0.2, 0.25) is 5.91 Å². The van der Waals surface area contributed by atoms with Gasteiger partial charge in [0.15, 0.2) is 0 Å². The molecule has 2 atom stereocenters. The van der Waals surface area contributed by atoms with Crippen LogP contribution in [0.4, 0.5) is 5.00 Å². The van der Waals surface area contributed by atoms with E-state index in [1.807, 2.05) is 43.5 Å². The highest BCUT2D eigenvalue weighted by Gasteiger charge is 2.35. The number of aryl methyl sites for hydroxylation is 2. The van der Waals surface area contributed by atoms with E-state index in [0.29, 0.717) is 29.0 Å². The number of carbonyl (C=O) groups excluding carboxylic acids is 2. The van der Waals surface area contributed by atoms with Crippen molar-refractivity contribution in [2.45, 2.75) is 46.6 Å². The fourth-order valence-corrected chi connectivity index (χ4v) is 4.59. The molecule has 0 saturated carbocycles. The molecule has 31 heavy (non-hydrogen) atoms. The summed E-state index contributed by atoms with van der Waals surface area (Å²) in [5, 5.41) is 14.5. The molecule has 1 amide bonds. The number of aliphatic carboxylic acids is 1. The Kier molecular flexibility index (Phi) is 6.95. The number of hydrogen-bond donors (Lipinski definition) is 2. The first-order chi connectivity index (χ1) is 14.7. The van der Waals surface area contributed by atoms with Crippen molar-refractivity contribution in [3.63, 3.8) is 0 Å². The van der Waals surface area contributed by atoms with Crippen LogP contribution < -0.4 is 5.32 Å². The number of anilines is 1. The molecule has 2 aromatic rings. The Balaban J connectivity index is 1.98. The van der Waals surface area contributed by atoms with Crippen LogP contribution in [0.1, 0.15) is 48.2 Å². The van der Waals surface area contributed by atoms with Gasteiger partial charge in [0.1, 0.15) is 10.6 Å². The van der Waals surface area contributed by atoms with E-state index in [1.165, 1.54) is 11.3 Å². The molecule has 6 nitrogen and oxygen atoms in total. The van der Waals surface area contributed by atoms with Gasteiger partial charge in [0.25, 0.3) is 0 Å². The molecule has 0 spiro atoms. The topological polar surface area (TPSA) is 92.7 Å². The Bertz CT molecular complexity index is 1040. The van der Waals surface area contributed by atoms with E-state index in [2.05, 4.69) is 5.32 Å². The number of rotatable bonds is 6. The largest absolute Gasteiger partial charge is 0.481 e. The zero-order chi connectivity index (χ0) is 22.7. The zero-order valence-electron chi connectivity index (χ0n) is 18.1. The summed E-state index contributed by atoms with van der Waals surface area (Å²) < 4.78 is 5.45. The minimum atomic E-state index is -0.994. The number of hydrogen-bond acceptors (Lipinski definition) is 5. The van der Waals surface area contributed by atoms with Crippen LogP contribution in [-0.2, 0) is 14.3 Å². The minimum absolute atomic E-state index is 0.300. The SMILES string of the molecule is Cc1ccc(-c2csc(NC(=O)[C@@H]3CC=CC[C@@H]3C(=O)O)c2C(=O)OC(C)C)cc1C. The third-order valence-corrected chi connectivity index (χ3v) is 6.37. The van der Waals surface area contributed by atoms with Gasteiger partial charge in [-0.1, -0.05) is 30.4 Å². The monoisotopic (exact) mass is 441 g/mol. The Labute approximate surface area is 185 Å². The summed E-state index contributed by atoms with van der Waals surface area (Å²) in [5.41, 5.74) is 4.08. The van der Waals surface area contributed by atoms with Gasteiger partial charge >= 0.3 is 11.9 Å². The lowest BCUT2D eigenvalue weighted by Crippen LogP contribution is -2.34. The number of benzene rings is 1. The van der Waals surface area contributed by atoms with Crippen LogP contribution in [0.25, 0.3) is 11.1 Å². The number of carboxylic acid groups (broad SMARTS) is 1. The first kappa shape index (κ1) is 22.7. The van der Waals surface area contributed by atoms with Crippen LogP contribution in [0.3, 0.4) is 0 Å². The van der Waals surface area contributed by atoms with Crippen molar-refractivity contribution in [2.75, 3.05) is 5.32 Å². The Morgan fingerprint density at radius 1 is 1.10 bits per heavy atom. The van der Waals surface area contributed by atoms with Crippen molar-refractivity contribution in [3.8, 4) is 11.1 Å². The number of esters is 1. The molecule has 3 rings (SSSR count). The molecule has 2 N–H and O–H groups in total. The molecule has 0 fully saturated rings. The molecule has 1 aliphatic carbocycles. The molecule has 1 aromatic carbocycles. The van der Waals surface area contributed by atoms with Crippen LogP contribution in [0.2, 0.25) is 0 Å². The predicted octanol–water partition coefficient (Wildman–Crippen LogP) is 5.20. The molecule has 0 saturated heterocycles. The first-order valence-corrected chi connectivity index (χ1v) is 11.2. The summed E-state index contributed by atoms with van der Waals surface area (Å²) in [4.78, 5) is 37.5. The van der Waals surface area contributed by atoms with Crippen LogP contribution in [0.15, 0.2) is 35.7 Å². The summed E-state index contributed by atoms with van der Waals surface area (Å²) in [6.45, 7) is 7.56. The van der Waals surface area contributed by atoms with E-state index in [0.717, 1.165) is 16.7 Å². The maximum atomic E-state index is 13.0. The van der Waals surface area contributed by atoms with E-state index in [4.69, 9.17) is 4.74 Å². The normalized spacial score (nSPS) is 18.1. The lowest BCUT2D eigenvalue weighted by Gasteiger charge is -2.24. The average molecular weight is 442 g/mol. The maximum absolute atomic E-state index is 13.0. The molecule has 1 aromatic heterocycles. The summed E-state index contributed by atoms with van der Waals surface area (Å²) in [6.07, 6.45) is 3.96. The van der Waals surface area contributed by atoms with Crippen LogP contribution in [0.5, 0.6) is 0 Å². The molecule has 164 valence electrons. The number of carboxylic acids is 1. The second kappa shape index (κ2) is 9.47. The van der Waals surface area contributed by atoms with Crippen molar-refractivity contribution >= 4 is 34.2 Å². The number of ether oxygens (including phenoxy) is 1. The van der Waals surface area contributed by atoms with Crippen molar-refractivity contribution < 1.29 is 24.2 Å². The second-order valence-corrected chi connectivity index (χ2v) is 8.97. The van der Waals surface area contributed by atoms with Gasteiger partial charge in [0.05, 0.1) is 17.9 Å². The molecule has 1 heterocycles. The van der Waals surface area contributed by atoms with Crippen molar-refractivity contribution in [1.82, 2.24) is 0 Å². The van der Waals surface area contributed by atoms with Crippen molar-refractivity contribution in [3.05, 3.63) is 52.4 Å². The summed E-state index contributed by atoms with van der Waals surface area (Å²) in [6, 6.07) is 5.93. The zero-order valence-corrected chi connectivity index (χ0v) is 18.9. The highest BCUT2D eigenvalue weighted by atomic mass is 32.1.